The lowest BCUT2D eigenvalue weighted by atomic mass is 9.75. The smallest absolute Gasteiger partial charge is 0.425 e. The van der Waals surface area contributed by atoms with E-state index in [1.165, 1.54) is 12.1 Å². The molecule has 1 aromatic rings. The van der Waals surface area contributed by atoms with Crippen LogP contribution in [0.1, 0.15) is 0 Å². The molecule has 0 saturated carbocycles. The third-order valence-corrected chi connectivity index (χ3v) is 1.83. The van der Waals surface area contributed by atoms with Crippen molar-refractivity contribution >= 4 is 28.4 Å². The molecule has 0 aliphatic carbocycles. The number of hydrogen-bond donors (Lipinski definition) is 1. The molecule has 0 saturated heterocycles. The minimum Gasteiger partial charge on any atom is -0.425 e. The highest BCUT2D eigenvalue weighted by atomic mass is 79.9. The Bertz CT molecular complexity index is 310. The molecular weight excluding hydrogens is 228 g/mol. The molecule has 0 aliphatic rings. The van der Waals surface area contributed by atoms with Gasteiger partial charge in [0.1, 0.15) is 5.82 Å². The molecule has 62 valence electrons. The van der Waals surface area contributed by atoms with Gasteiger partial charge in [0, 0.05) is 9.94 Å². The lowest BCUT2D eigenvalue weighted by Crippen LogP contribution is -2.30. The van der Waals surface area contributed by atoms with Gasteiger partial charge in [-0.15, -0.1) is 0 Å². The van der Waals surface area contributed by atoms with E-state index in [-0.39, 0.29) is 5.46 Å². The van der Waals surface area contributed by atoms with Crippen LogP contribution in [0, 0.1) is 10.7 Å². The van der Waals surface area contributed by atoms with E-state index < -0.39 is 12.9 Å². The maximum Gasteiger partial charge on any atom is 0.520 e. The Labute approximate surface area is 76.8 Å². The average Bonchev–Trinajstić information content (AvgIpc) is 2.08. The van der Waals surface area contributed by atoms with Crippen molar-refractivity contribution in [2.45, 2.75) is 0 Å². The van der Waals surface area contributed by atoms with Crippen LogP contribution in [-0.4, -0.2) is 12.1 Å². The predicted octanol–water partition coefficient (Wildman–Crippen LogP) is 1.04. The zero-order chi connectivity index (χ0) is 9.14. The van der Waals surface area contributed by atoms with E-state index in [2.05, 4.69) is 21.0 Å². The van der Waals surface area contributed by atoms with Gasteiger partial charge in [0.15, 0.2) is 0 Å². The molecule has 0 unspecified atom stereocenters. The summed E-state index contributed by atoms with van der Waals surface area (Å²) < 4.78 is 13.4. The van der Waals surface area contributed by atoms with E-state index in [0.717, 1.165) is 6.07 Å². The van der Waals surface area contributed by atoms with E-state index >= 15 is 0 Å². The second-order valence-electron chi connectivity index (χ2n) is 2.14. The van der Waals surface area contributed by atoms with Gasteiger partial charge in [0.05, 0.1) is 0 Å². The lowest BCUT2D eigenvalue weighted by molar-refractivity contribution is 0.578. The van der Waals surface area contributed by atoms with E-state index in [4.69, 9.17) is 5.02 Å². The minimum atomic E-state index is -1.64. The summed E-state index contributed by atoms with van der Waals surface area (Å²) in [5, 5.41) is 11.2. The van der Waals surface area contributed by atoms with Crippen molar-refractivity contribution in [2.75, 3.05) is 0 Å². The number of benzene rings is 1. The zero-order valence-corrected chi connectivity index (χ0v) is 7.45. The Morgan fingerprint density at radius 2 is 2.25 bits per heavy atom. The molecule has 0 fully saturated rings. The van der Waals surface area contributed by atoms with Crippen LogP contribution < -0.4 is 5.46 Å². The zero-order valence-electron chi connectivity index (χ0n) is 5.87. The summed E-state index contributed by atoms with van der Waals surface area (Å²) in [7, 11) is -1.64. The standard InChI is InChI=1S/C6H4BBrFNO2/c8-4-1-2-6(9)5(3-4)7(11)10-12/h1-3,11H. The molecule has 0 amide bonds. The third-order valence-electron chi connectivity index (χ3n) is 1.34. The molecule has 0 spiro atoms. The van der Waals surface area contributed by atoms with E-state index in [9.17, 15) is 9.30 Å². The number of rotatable bonds is 2. The van der Waals surface area contributed by atoms with Crippen LogP contribution in [0.4, 0.5) is 4.39 Å². The molecule has 1 N–H and O–H groups in total. The normalized spacial score (nSPS) is 9.58. The van der Waals surface area contributed by atoms with Gasteiger partial charge in [0.25, 0.3) is 0 Å². The summed E-state index contributed by atoms with van der Waals surface area (Å²) in [5.74, 6) is -0.648. The van der Waals surface area contributed by atoms with Crippen molar-refractivity contribution < 1.29 is 9.41 Å². The van der Waals surface area contributed by atoms with Gasteiger partial charge in [-0.1, -0.05) is 21.0 Å². The summed E-state index contributed by atoms with van der Waals surface area (Å²) in [4.78, 5) is 9.89. The van der Waals surface area contributed by atoms with Crippen molar-refractivity contribution in [3.8, 4) is 0 Å². The fraction of sp³-hybridized carbons (Fsp3) is 0. The molecule has 3 nitrogen and oxygen atoms in total. The van der Waals surface area contributed by atoms with Crippen LogP contribution >= 0.6 is 15.9 Å². The van der Waals surface area contributed by atoms with Crippen molar-refractivity contribution in [1.29, 1.82) is 0 Å². The summed E-state index contributed by atoms with van der Waals surface area (Å²) >= 11 is 3.07. The highest BCUT2D eigenvalue weighted by Gasteiger charge is 2.20. The van der Waals surface area contributed by atoms with E-state index in [0.29, 0.717) is 4.47 Å². The second-order valence-corrected chi connectivity index (χ2v) is 3.06. The highest BCUT2D eigenvalue weighted by Crippen LogP contribution is 2.08. The molecule has 0 aromatic heterocycles. The molecule has 0 radical (unpaired) electrons. The van der Waals surface area contributed by atoms with Crippen LogP contribution in [0.25, 0.3) is 0 Å². The summed E-state index contributed by atoms with van der Waals surface area (Å²) in [5.41, 5.74) is -0.126. The first kappa shape index (κ1) is 9.34. The van der Waals surface area contributed by atoms with Crippen molar-refractivity contribution in [1.82, 2.24) is 0 Å². The molecule has 1 rings (SSSR count). The molecule has 0 bridgehead atoms. The molecule has 6 heteroatoms. The maximum absolute atomic E-state index is 12.8. The molecule has 0 heterocycles. The summed E-state index contributed by atoms with van der Waals surface area (Å²) in [6.07, 6.45) is 0. The fourth-order valence-corrected chi connectivity index (χ4v) is 1.15. The number of nitrogens with zero attached hydrogens (tertiary/aromatic N) is 1. The topological polar surface area (TPSA) is 49.7 Å². The monoisotopic (exact) mass is 231 g/mol. The van der Waals surface area contributed by atoms with Crippen molar-refractivity contribution in [3.05, 3.63) is 33.4 Å². The van der Waals surface area contributed by atoms with Crippen molar-refractivity contribution in [3.63, 3.8) is 0 Å². The van der Waals surface area contributed by atoms with Gasteiger partial charge in [-0.05, 0) is 18.2 Å². The Morgan fingerprint density at radius 1 is 1.58 bits per heavy atom. The Kier molecular flexibility index (Phi) is 2.94. The maximum atomic E-state index is 12.8. The molecule has 0 atom stereocenters. The Morgan fingerprint density at radius 3 is 2.83 bits per heavy atom. The van der Waals surface area contributed by atoms with Crippen LogP contribution in [0.3, 0.4) is 0 Å². The van der Waals surface area contributed by atoms with Gasteiger partial charge in [-0.2, -0.15) is 4.91 Å². The minimum absolute atomic E-state index is 0.126. The van der Waals surface area contributed by atoms with Crippen molar-refractivity contribution in [2.24, 2.45) is 5.09 Å². The quantitative estimate of drug-likeness (QED) is 0.611. The predicted molar refractivity (Wildman–Crippen MR) is 47.5 cm³/mol. The van der Waals surface area contributed by atoms with E-state index in [1.807, 2.05) is 0 Å². The van der Waals surface area contributed by atoms with Crippen LogP contribution in [0.5, 0.6) is 0 Å². The lowest BCUT2D eigenvalue weighted by Gasteiger charge is -1.99. The van der Waals surface area contributed by atoms with Crippen LogP contribution in [0.2, 0.25) is 0 Å². The third kappa shape index (κ3) is 1.89. The van der Waals surface area contributed by atoms with Gasteiger partial charge >= 0.3 is 7.05 Å². The van der Waals surface area contributed by atoms with Crippen LogP contribution in [0.15, 0.2) is 27.8 Å². The van der Waals surface area contributed by atoms with E-state index in [1.54, 1.807) is 0 Å². The summed E-state index contributed by atoms with van der Waals surface area (Å²) in [6.45, 7) is 0. The highest BCUT2D eigenvalue weighted by molar-refractivity contribution is 9.10. The largest absolute Gasteiger partial charge is 0.520 e. The van der Waals surface area contributed by atoms with Crippen LogP contribution in [-0.2, 0) is 0 Å². The average molecular weight is 232 g/mol. The first-order valence-electron chi connectivity index (χ1n) is 3.10. The molecule has 0 aliphatic heterocycles. The van der Waals surface area contributed by atoms with Gasteiger partial charge in [-0.3, -0.25) is 0 Å². The summed E-state index contributed by atoms with van der Waals surface area (Å²) in [6, 6.07) is 3.92. The Hall–Kier alpha value is -0.745. The van der Waals surface area contributed by atoms with Gasteiger partial charge in [-0.25, -0.2) is 4.39 Å². The first-order valence-corrected chi connectivity index (χ1v) is 3.90. The molecule has 12 heavy (non-hydrogen) atoms. The Balaban J connectivity index is 3.12. The second kappa shape index (κ2) is 3.77. The molecular formula is C6H4BBrFNO2. The number of nitroso groups, excluding NO2 is 1. The first-order chi connectivity index (χ1) is 5.65. The fourth-order valence-electron chi connectivity index (χ4n) is 0.769. The number of halogens is 2. The SMILES string of the molecule is O=NB(O)c1cc(Br)ccc1F. The number of hydrogen-bond acceptors (Lipinski definition) is 3. The van der Waals surface area contributed by atoms with Gasteiger partial charge in [0.2, 0.25) is 0 Å². The van der Waals surface area contributed by atoms with Gasteiger partial charge < -0.3 is 5.02 Å². The molecule has 1 aromatic carbocycles.